The average molecular weight is 447 g/mol. The molecule has 1 amide bonds. The molecular weight excluding hydrogens is 422 g/mol. The number of amides is 1. The minimum absolute atomic E-state index is 0.100. The van der Waals surface area contributed by atoms with E-state index in [0.717, 1.165) is 24.0 Å². The Balaban J connectivity index is 1.66. The minimum Gasteiger partial charge on any atom is -0.493 e. The van der Waals surface area contributed by atoms with Crippen molar-refractivity contribution in [1.82, 2.24) is 14.7 Å². The van der Waals surface area contributed by atoms with Crippen LogP contribution in [0.2, 0.25) is 0 Å². The molecule has 0 spiro atoms. The quantitative estimate of drug-likeness (QED) is 0.537. The van der Waals surface area contributed by atoms with Crippen LogP contribution in [-0.2, 0) is 9.53 Å². The number of benzene rings is 2. The third kappa shape index (κ3) is 3.51. The van der Waals surface area contributed by atoms with E-state index in [1.807, 2.05) is 41.3 Å². The van der Waals surface area contributed by atoms with Crippen molar-refractivity contribution < 1.29 is 23.8 Å². The van der Waals surface area contributed by atoms with Gasteiger partial charge in [0.2, 0.25) is 0 Å². The molecule has 2 aliphatic rings. The molecule has 3 aromatic rings. The number of ether oxygens (including phenoxy) is 3. The van der Waals surface area contributed by atoms with Gasteiger partial charge < -0.3 is 19.1 Å². The highest BCUT2D eigenvalue weighted by atomic mass is 16.5. The fourth-order valence-electron chi connectivity index (χ4n) is 4.54. The number of fused-ring (bicyclic) bond motifs is 1. The molecule has 5 rings (SSSR count). The fourth-order valence-corrected chi connectivity index (χ4v) is 4.54. The maximum absolute atomic E-state index is 13.7. The first-order valence-corrected chi connectivity index (χ1v) is 10.8. The van der Waals surface area contributed by atoms with E-state index in [-0.39, 0.29) is 11.9 Å². The van der Waals surface area contributed by atoms with Crippen LogP contribution in [0.1, 0.15) is 41.0 Å². The number of esters is 1. The van der Waals surface area contributed by atoms with Gasteiger partial charge in [-0.3, -0.25) is 4.79 Å². The van der Waals surface area contributed by atoms with Gasteiger partial charge in [-0.2, -0.15) is 5.10 Å². The molecule has 8 nitrogen and oxygen atoms in total. The number of methoxy groups -OCH3 is 3. The van der Waals surface area contributed by atoms with E-state index in [1.54, 1.807) is 32.4 Å². The average Bonchev–Trinajstić information content (AvgIpc) is 3.60. The van der Waals surface area contributed by atoms with Gasteiger partial charge in [0, 0.05) is 11.6 Å². The minimum atomic E-state index is -0.792. The summed E-state index contributed by atoms with van der Waals surface area (Å²) in [6.45, 7) is 0. The van der Waals surface area contributed by atoms with Crippen molar-refractivity contribution in [2.45, 2.75) is 31.0 Å². The summed E-state index contributed by atoms with van der Waals surface area (Å²) in [5.74, 6) is 0.576. The first-order chi connectivity index (χ1) is 16.1. The number of carbonyl (C=O) groups is 2. The Morgan fingerprint density at radius 1 is 0.970 bits per heavy atom. The summed E-state index contributed by atoms with van der Waals surface area (Å²) in [6.07, 6.45) is 1.83. The normalized spacial score (nSPS) is 19.7. The molecule has 1 aliphatic heterocycles. The van der Waals surface area contributed by atoms with Crippen LogP contribution in [0.5, 0.6) is 11.5 Å². The van der Waals surface area contributed by atoms with Crippen LogP contribution in [0, 0.1) is 0 Å². The molecule has 1 aliphatic carbocycles. The number of hydrogen-bond acceptors (Lipinski definition) is 6. The highest BCUT2D eigenvalue weighted by Gasteiger charge is 2.50. The van der Waals surface area contributed by atoms with Gasteiger partial charge in [0.15, 0.2) is 17.5 Å². The van der Waals surface area contributed by atoms with Crippen LogP contribution in [-0.4, -0.2) is 53.9 Å². The first-order valence-electron chi connectivity index (χ1n) is 10.8. The fraction of sp³-hybridized carbons (Fsp3) is 0.320. The van der Waals surface area contributed by atoms with Gasteiger partial charge >= 0.3 is 5.97 Å². The molecule has 0 unspecified atom stereocenters. The van der Waals surface area contributed by atoms with Crippen molar-refractivity contribution in [3.63, 3.8) is 0 Å². The van der Waals surface area contributed by atoms with Gasteiger partial charge in [-0.05, 0) is 42.7 Å². The lowest BCUT2D eigenvalue weighted by molar-refractivity contribution is -0.147. The molecule has 33 heavy (non-hydrogen) atoms. The maximum atomic E-state index is 13.7. The Bertz CT molecular complexity index is 1200. The highest BCUT2D eigenvalue weighted by molar-refractivity contribution is 5.97. The number of aromatic nitrogens is 2. The van der Waals surface area contributed by atoms with Gasteiger partial charge in [0.05, 0.1) is 33.1 Å². The van der Waals surface area contributed by atoms with Crippen LogP contribution < -0.4 is 9.47 Å². The van der Waals surface area contributed by atoms with Gasteiger partial charge in [-0.25, -0.2) is 9.48 Å². The molecule has 2 aromatic carbocycles. The van der Waals surface area contributed by atoms with E-state index in [2.05, 4.69) is 0 Å². The summed E-state index contributed by atoms with van der Waals surface area (Å²) in [5.41, 5.74) is 2.56. The summed E-state index contributed by atoms with van der Waals surface area (Å²) in [5, 5.41) is 4.71. The molecule has 2 heterocycles. The van der Waals surface area contributed by atoms with E-state index in [0.29, 0.717) is 22.9 Å². The SMILES string of the molecule is COC(=O)[C@@H]1[C@@H](c2ccccc2)N(C2CC2)C(=O)c2cc(-c3ccc(OC)c(OC)c3)nn21. The lowest BCUT2D eigenvalue weighted by Gasteiger charge is -2.40. The predicted octanol–water partition coefficient (Wildman–Crippen LogP) is 3.64. The largest absolute Gasteiger partial charge is 0.493 e. The van der Waals surface area contributed by atoms with Gasteiger partial charge in [-0.15, -0.1) is 0 Å². The zero-order valence-electron chi connectivity index (χ0n) is 18.7. The van der Waals surface area contributed by atoms with E-state index in [1.165, 1.54) is 11.8 Å². The summed E-state index contributed by atoms with van der Waals surface area (Å²) < 4.78 is 17.5. The second kappa shape index (κ2) is 8.27. The highest BCUT2D eigenvalue weighted by Crippen LogP contribution is 2.45. The van der Waals surface area contributed by atoms with Crippen LogP contribution >= 0.6 is 0 Å². The maximum Gasteiger partial charge on any atom is 0.333 e. The van der Waals surface area contributed by atoms with E-state index in [4.69, 9.17) is 19.3 Å². The summed E-state index contributed by atoms with van der Waals surface area (Å²) in [7, 11) is 4.50. The standard InChI is InChI=1S/C25H25N3O5/c1-31-20-12-9-16(13-21(20)32-2)18-14-19-24(29)27(17-10-11-17)22(15-7-5-4-6-8-15)23(25(30)33-3)28(19)26-18/h4-9,12-14,17,22-23H,10-11H2,1-3H3/t22-,23+/m1/s1. The molecule has 1 saturated carbocycles. The lowest BCUT2D eigenvalue weighted by atomic mass is 9.94. The van der Waals surface area contributed by atoms with Gasteiger partial charge in [-0.1, -0.05) is 30.3 Å². The number of carbonyl (C=O) groups excluding carboxylic acids is 2. The van der Waals surface area contributed by atoms with Gasteiger partial charge in [0.25, 0.3) is 5.91 Å². The van der Waals surface area contributed by atoms with Crippen molar-refractivity contribution in [2.75, 3.05) is 21.3 Å². The molecule has 0 bridgehead atoms. The van der Waals surface area contributed by atoms with Crippen LogP contribution in [0.4, 0.5) is 0 Å². The van der Waals surface area contributed by atoms with Crippen molar-refractivity contribution in [2.24, 2.45) is 0 Å². The first kappa shape index (κ1) is 21.1. The molecule has 8 heteroatoms. The summed E-state index contributed by atoms with van der Waals surface area (Å²) in [4.78, 5) is 28.6. The smallest absolute Gasteiger partial charge is 0.333 e. The number of hydrogen-bond donors (Lipinski definition) is 0. The summed E-state index contributed by atoms with van der Waals surface area (Å²) in [6, 6.07) is 15.6. The molecule has 1 fully saturated rings. The van der Waals surface area contributed by atoms with Crippen LogP contribution in [0.25, 0.3) is 11.3 Å². The van der Waals surface area contributed by atoms with Crippen molar-refractivity contribution in [3.05, 3.63) is 65.9 Å². The zero-order valence-corrected chi connectivity index (χ0v) is 18.7. The van der Waals surface area contributed by atoms with E-state index >= 15 is 0 Å². The topological polar surface area (TPSA) is 82.9 Å². The molecule has 0 N–H and O–H groups in total. The second-order valence-corrected chi connectivity index (χ2v) is 8.20. The lowest BCUT2D eigenvalue weighted by Crippen LogP contribution is -2.49. The Hall–Kier alpha value is -3.81. The molecule has 1 aromatic heterocycles. The summed E-state index contributed by atoms with van der Waals surface area (Å²) >= 11 is 0. The third-order valence-corrected chi connectivity index (χ3v) is 6.25. The van der Waals surface area contributed by atoms with Crippen molar-refractivity contribution >= 4 is 11.9 Å². The zero-order chi connectivity index (χ0) is 23.1. The second-order valence-electron chi connectivity index (χ2n) is 8.20. The Kier molecular flexibility index (Phi) is 5.28. The van der Waals surface area contributed by atoms with E-state index in [9.17, 15) is 9.59 Å². The molecular formula is C25H25N3O5. The monoisotopic (exact) mass is 447 g/mol. The van der Waals surface area contributed by atoms with Crippen LogP contribution in [0.15, 0.2) is 54.6 Å². The predicted molar refractivity (Wildman–Crippen MR) is 120 cm³/mol. The van der Waals surface area contributed by atoms with Crippen LogP contribution in [0.3, 0.4) is 0 Å². The number of nitrogens with zero attached hydrogens (tertiary/aromatic N) is 3. The molecule has 0 radical (unpaired) electrons. The molecule has 0 saturated heterocycles. The third-order valence-electron chi connectivity index (χ3n) is 6.25. The Labute approximate surface area is 191 Å². The molecule has 2 atom stereocenters. The van der Waals surface area contributed by atoms with Crippen molar-refractivity contribution in [3.8, 4) is 22.8 Å². The number of rotatable bonds is 6. The van der Waals surface area contributed by atoms with Crippen molar-refractivity contribution in [1.29, 1.82) is 0 Å². The Morgan fingerprint density at radius 2 is 1.70 bits per heavy atom. The van der Waals surface area contributed by atoms with E-state index < -0.39 is 18.1 Å². The van der Waals surface area contributed by atoms with Gasteiger partial charge in [0.1, 0.15) is 5.69 Å². The Morgan fingerprint density at radius 3 is 2.33 bits per heavy atom. The molecule has 170 valence electrons.